The van der Waals surface area contributed by atoms with E-state index in [1.54, 1.807) is 6.07 Å². The molecule has 88 valence electrons. The molecule has 0 saturated heterocycles. The zero-order valence-electron chi connectivity index (χ0n) is 8.50. The quantitative estimate of drug-likeness (QED) is 0.690. The van der Waals surface area contributed by atoms with Crippen LogP contribution in [-0.4, -0.2) is 4.98 Å². The number of hydrogen-bond acceptors (Lipinski definition) is 1. The molecule has 17 heavy (non-hydrogen) atoms. The maximum Gasteiger partial charge on any atom is 0.417 e. The Kier molecular flexibility index (Phi) is 2.83. The Morgan fingerprint density at radius 1 is 0.941 bits per heavy atom. The third kappa shape index (κ3) is 2.27. The standard InChI is InChI=1S/C12H7F4N/c13-9-5-3-4-8(12(14,15)16)11(9)10-6-1-2-7-17-10/h1-7H. The smallest absolute Gasteiger partial charge is 0.256 e. The Hall–Kier alpha value is -1.91. The average molecular weight is 241 g/mol. The fourth-order valence-electron chi connectivity index (χ4n) is 1.53. The minimum atomic E-state index is -4.60. The second-order valence-corrected chi connectivity index (χ2v) is 3.38. The van der Waals surface area contributed by atoms with Gasteiger partial charge in [-0.3, -0.25) is 4.98 Å². The lowest BCUT2D eigenvalue weighted by Gasteiger charge is -2.12. The van der Waals surface area contributed by atoms with Crippen molar-refractivity contribution in [2.45, 2.75) is 6.18 Å². The SMILES string of the molecule is Fc1cccc(C(F)(F)F)c1-c1ccccn1. The first-order valence-corrected chi connectivity index (χ1v) is 4.77. The summed E-state index contributed by atoms with van der Waals surface area (Å²) in [6, 6.07) is 7.26. The van der Waals surface area contributed by atoms with Crippen molar-refractivity contribution in [1.82, 2.24) is 4.98 Å². The molecule has 0 aliphatic rings. The van der Waals surface area contributed by atoms with Gasteiger partial charge in [-0.2, -0.15) is 13.2 Å². The molecular formula is C12H7F4N. The van der Waals surface area contributed by atoms with Crippen molar-refractivity contribution in [2.24, 2.45) is 0 Å². The second kappa shape index (κ2) is 4.16. The van der Waals surface area contributed by atoms with Gasteiger partial charge in [0.1, 0.15) is 5.82 Å². The Balaban J connectivity index is 2.69. The third-order valence-electron chi connectivity index (χ3n) is 2.24. The summed E-state index contributed by atoms with van der Waals surface area (Å²) in [6.45, 7) is 0. The largest absolute Gasteiger partial charge is 0.417 e. The Morgan fingerprint density at radius 2 is 1.71 bits per heavy atom. The average Bonchev–Trinajstić information content (AvgIpc) is 2.28. The summed E-state index contributed by atoms with van der Waals surface area (Å²) in [6.07, 6.45) is -3.28. The van der Waals surface area contributed by atoms with E-state index in [4.69, 9.17) is 0 Å². The molecule has 0 spiro atoms. The molecule has 0 bridgehead atoms. The van der Waals surface area contributed by atoms with Crippen LogP contribution >= 0.6 is 0 Å². The molecular weight excluding hydrogens is 234 g/mol. The van der Waals surface area contributed by atoms with Gasteiger partial charge in [0, 0.05) is 11.8 Å². The maximum atomic E-state index is 13.5. The lowest BCUT2D eigenvalue weighted by Crippen LogP contribution is -2.08. The van der Waals surface area contributed by atoms with Gasteiger partial charge in [-0.25, -0.2) is 4.39 Å². The van der Waals surface area contributed by atoms with Crippen LogP contribution in [-0.2, 0) is 6.18 Å². The van der Waals surface area contributed by atoms with Crippen LogP contribution in [0, 0.1) is 5.82 Å². The van der Waals surface area contributed by atoms with Crippen molar-refractivity contribution in [3.05, 3.63) is 54.0 Å². The van der Waals surface area contributed by atoms with Gasteiger partial charge < -0.3 is 0 Å². The van der Waals surface area contributed by atoms with Crippen LogP contribution in [0.1, 0.15) is 5.56 Å². The molecule has 0 aliphatic carbocycles. The van der Waals surface area contributed by atoms with Crippen molar-refractivity contribution < 1.29 is 17.6 Å². The van der Waals surface area contributed by atoms with Gasteiger partial charge in [-0.05, 0) is 24.3 Å². The lowest BCUT2D eigenvalue weighted by molar-refractivity contribution is -0.137. The molecule has 1 heterocycles. The third-order valence-corrected chi connectivity index (χ3v) is 2.24. The van der Waals surface area contributed by atoms with Crippen LogP contribution in [0.15, 0.2) is 42.6 Å². The highest BCUT2D eigenvalue weighted by Crippen LogP contribution is 2.37. The maximum absolute atomic E-state index is 13.5. The molecule has 1 aromatic heterocycles. The fraction of sp³-hybridized carbons (Fsp3) is 0.0833. The molecule has 1 aromatic carbocycles. The number of pyridine rings is 1. The van der Waals surface area contributed by atoms with Crippen molar-refractivity contribution in [3.63, 3.8) is 0 Å². The molecule has 0 amide bonds. The molecule has 5 heteroatoms. The van der Waals surface area contributed by atoms with E-state index < -0.39 is 23.1 Å². The van der Waals surface area contributed by atoms with E-state index in [9.17, 15) is 17.6 Å². The number of halogens is 4. The van der Waals surface area contributed by atoms with Gasteiger partial charge in [-0.15, -0.1) is 0 Å². The van der Waals surface area contributed by atoms with Gasteiger partial charge in [-0.1, -0.05) is 12.1 Å². The van der Waals surface area contributed by atoms with Gasteiger partial charge >= 0.3 is 6.18 Å². The van der Waals surface area contributed by atoms with Gasteiger partial charge in [0.2, 0.25) is 0 Å². The Labute approximate surface area is 94.7 Å². The number of rotatable bonds is 1. The number of hydrogen-bond donors (Lipinski definition) is 0. The topological polar surface area (TPSA) is 12.9 Å². The highest BCUT2D eigenvalue weighted by atomic mass is 19.4. The molecule has 0 unspecified atom stereocenters. The summed E-state index contributed by atoms with van der Waals surface area (Å²) in [5.74, 6) is -0.932. The predicted molar refractivity (Wildman–Crippen MR) is 54.6 cm³/mol. The molecule has 0 aliphatic heterocycles. The molecule has 2 rings (SSSR count). The molecule has 2 aromatic rings. The van der Waals surface area contributed by atoms with Crippen LogP contribution in [0.2, 0.25) is 0 Å². The van der Waals surface area contributed by atoms with Crippen LogP contribution < -0.4 is 0 Å². The molecule has 0 atom stereocenters. The van der Waals surface area contributed by atoms with E-state index >= 15 is 0 Å². The van der Waals surface area contributed by atoms with Gasteiger partial charge in [0.05, 0.1) is 11.3 Å². The summed E-state index contributed by atoms with van der Waals surface area (Å²) in [4.78, 5) is 3.74. The first kappa shape index (κ1) is 11.6. The van der Waals surface area contributed by atoms with Crippen LogP contribution in [0.5, 0.6) is 0 Å². The van der Waals surface area contributed by atoms with Crippen LogP contribution in [0.25, 0.3) is 11.3 Å². The van der Waals surface area contributed by atoms with Gasteiger partial charge in [0.25, 0.3) is 0 Å². The zero-order valence-corrected chi connectivity index (χ0v) is 8.50. The molecule has 0 saturated carbocycles. The summed E-state index contributed by atoms with van der Waals surface area (Å²) < 4.78 is 51.7. The molecule has 0 fully saturated rings. The number of alkyl halides is 3. The number of nitrogens with zero attached hydrogens (tertiary/aromatic N) is 1. The van der Waals surface area contributed by atoms with E-state index in [2.05, 4.69) is 4.98 Å². The monoisotopic (exact) mass is 241 g/mol. The summed E-state index contributed by atoms with van der Waals surface area (Å²) >= 11 is 0. The van der Waals surface area contributed by atoms with E-state index in [1.165, 1.54) is 18.3 Å². The van der Waals surface area contributed by atoms with Crippen molar-refractivity contribution in [2.75, 3.05) is 0 Å². The van der Waals surface area contributed by atoms with E-state index in [-0.39, 0.29) is 5.69 Å². The van der Waals surface area contributed by atoms with Crippen molar-refractivity contribution in [1.29, 1.82) is 0 Å². The number of aromatic nitrogens is 1. The Bertz CT molecular complexity index is 520. The van der Waals surface area contributed by atoms with E-state index in [1.807, 2.05) is 0 Å². The summed E-state index contributed by atoms with van der Waals surface area (Å²) in [5, 5.41) is 0. The summed E-state index contributed by atoms with van der Waals surface area (Å²) in [7, 11) is 0. The number of benzene rings is 1. The minimum Gasteiger partial charge on any atom is -0.256 e. The lowest BCUT2D eigenvalue weighted by atomic mass is 10.0. The molecule has 1 nitrogen and oxygen atoms in total. The van der Waals surface area contributed by atoms with E-state index in [0.717, 1.165) is 18.2 Å². The second-order valence-electron chi connectivity index (χ2n) is 3.38. The summed E-state index contributed by atoms with van der Waals surface area (Å²) in [5.41, 5.74) is -1.56. The normalized spacial score (nSPS) is 11.5. The van der Waals surface area contributed by atoms with E-state index in [0.29, 0.717) is 0 Å². The molecule has 0 N–H and O–H groups in total. The van der Waals surface area contributed by atoms with Crippen molar-refractivity contribution >= 4 is 0 Å². The van der Waals surface area contributed by atoms with Crippen molar-refractivity contribution in [3.8, 4) is 11.3 Å². The highest BCUT2D eigenvalue weighted by molar-refractivity contribution is 5.65. The first-order valence-electron chi connectivity index (χ1n) is 4.77. The zero-order chi connectivity index (χ0) is 12.5. The Morgan fingerprint density at radius 3 is 2.29 bits per heavy atom. The fourth-order valence-corrected chi connectivity index (χ4v) is 1.53. The minimum absolute atomic E-state index is 0.0297. The van der Waals surface area contributed by atoms with Crippen LogP contribution in [0.3, 0.4) is 0 Å². The first-order chi connectivity index (χ1) is 8.00. The highest BCUT2D eigenvalue weighted by Gasteiger charge is 2.35. The van der Waals surface area contributed by atoms with Crippen LogP contribution in [0.4, 0.5) is 17.6 Å². The van der Waals surface area contributed by atoms with Gasteiger partial charge in [0.15, 0.2) is 0 Å². The predicted octanol–water partition coefficient (Wildman–Crippen LogP) is 3.91. The molecule has 0 radical (unpaired) electrons.